The van der Waals surface area contributed by atoms with Crippen LogP contribution in [0.25, 0.3) is 0 Å². The molecule has 0 aliphatic carbocycles. The van der Waals surface area contributed by atoms with E-state index in [1.54, 1.807) is 11.3 Å². The van der Waals surface area contributed by atoms with Crippen LogP contribution in [-0.2, 0) is 6.54 Å². The molecule has 0 spiro atoms. The normalized spacial score (nSPS) is 11.9. The van der Waals surface area contributed by atoms with Gasteiger partial charge in [0.05, 0.1) is 6.54 Å². The Hall–Kier alpha value is -1.07. The van der Waals surface area contributed by atoms with Crippen molar-refractivity contribution in [3.05, 3.63) is 22.4 Å². The highest BCUT2D eigenvalue weighted by Gasteiger charge is 1.98. The first-order valence-corrected chi connectivity index (χ1v) is 9.29. The highest BCUT2D eigenvalue weighted by Crippen LogP contribution is 2.09. The summed E-state index contributed by atoms with van der Waals surface area (Å²) >= 11 is 1.76. The lowest BCUT2D eigenvalue weighted by molar-refractivity contribution is 0.389. The average molecular weight is 325 g/mol. The molecule has 22 heavy (non-hydrogen) atoms. The monoisotopic (exact) mass is 324 g/mol. The Bertz CT molecular complexity index is 387. The highest BCUT2D eigenvalue weighted by molar-refractivity contribution is 7.09. The van der Waals surface area contributed by atoms with E-state index in [4.69, 9.17) is 0 Å². The van der Waals surface area contributed by atoms with Gasteiger partial charge in [0, 0.05) is 18.0 Å². The molecule has 1 aromatic heterocycles. The number of hydrogen-bond acceptors (Lipinski definition) is 3. The van der Waals surface area contributed by atoms with E-state index in [2.05, 4.69) is 59.1 Å². The van der Waals surface area contributed by atoms with E-state index in [1.807, 2.05) is 0 Å². The molecule has 1 heterocycles. The third-order valence-corrected chi connectivity index (χ3v) is 4.25. The standard InChI is InChI=1S/C17H32N4S/c1-4-18-17(20-15-16-11-10-14-22-16)19-12-8-6-5-7-9-13-21(2)3/h10-11,14H,4-9,12-13,15H2,1-3H3,(H2,18,19,20). The molecule has 0 aliphatic heterocycles. The van der Waals surface area contributed by atoms with E-state index < -0.39 is 0 Å². The lowest BCUT2D eigenvalue weighted by Crippen LogP contribution is -2.37. The second kappa shape index (κ2) is 12.5. The Morgan fingerprint density at radius 2 is 1.91 bits per heavy atom. The van der Waals surface area contributed by atoms with Gasteiger partial charge in [0.2, 0.25) is 0 Å². The van der Waals surface area contributed by atoms with E-state index in [-0.39, 0.29) is 0 Å². The molecule has 126 valence electrons. The van der Waals surface area contributed by atoms with Crippen molar-refractivity contribution in [1.29, 1.82) is 0 Å². The van der Waals surface area contributed by atoms with Gasteiger partial charge in [-0.2, -0.15) is 0 Å². The van der Waals surface area contributed by atoms with Gasteiger partial charge in [-0.1, -0.05) is 25.3 Å². The zero-order valence-corrected chi connectivity index (χ0v) is 15.2. The van der Waals surface area contributed by atoms with Crippen LogP contribution < -0.4 is 10.6 Å². The minimum atomic E-state index is 0.761. The van der Waals surface area contributed by atoms with E-state index in [0.29, 0.717) is 0 Å². The summed E-state index contributed by atoms with van der Waals surface area (Å²) in [4.78, 5) is 8.18. The summed E-state index contributed by atoms with van der Waals surface area (Å²) in [6, 6.07) is 4.21. The molecule has 0 aliphatic rings. The number of hydrogen-bond donors (Lipinski definition) is 2. The first-order valence-electron chi connectivity index (χ1n) is 8.41. The first-order chi connectivity index (χ1) is 10.7. The van der Waals surface area contributed by atoms with Gasteiger partial charge < -0.3 is 15.5 Å². The average Bonchev–Trinajstić information content (AvgIpc) is 3.00. The Balaban J connectivity index is 2.09. The molecule has 0 saturated carbocycles. The van der Waals surface area contributed by atoms with Crippen LogP contribution in [0.4, 0.5) is 0 Å². The van der Waals surface area contributed by atoms with Crippen molar-refractivity contribution in [1.82, 2.24) is 15.5 Å². The molecule has 0 bridgehead atoms. The Labute approximate surface area is 140 Å². The van der Waals surface area contributed by atoms with Crippen molar-refractivity contribution in [2.75, 3.05) is 33.7 Å². The molecule has 4 nitrogen and oxygen atoms in total. The topological polar surface area (TPSA) is 39.7 Å². The lowest BCUT2D eigenvalue weighted by atomic mass is 10.1. The fraction of sp³-hybridized carbons (Fsp3) is 0.706. The number of aliphatic imine (C=N–C) groups is 1. The molecule has 0 aromatic carbocycles. The van der Waals surface area contributed by atoms with Gasteiger partial charge in [-0.15, -0.1) is 11.3 Å². The van der Waals surface area contributed by atoms with Crippen molar-refractivity contribution < 1.29 is 0 Å². The van der Waals surface area contributed by atoms with Crippen LogP contribution in [0.3, 0.4) is 0 Å². The van der Waals surface area contributed by atoms with Crippen LogP contribution in [0.1, 0.15) is 43.9 Å². The Morgan fingerprint density at radius 1 is 1.14 bits per heavy atom. The minimum absolute atomic E-state index is 0.761. The fourth-order valence-corrected chi connectivity index (χ4v) is 2.82. The zero-order chi connectivity index (χ0) is 16.0. The molecule has 0 radical (unpaired) electrons. The quantitative estimate of drug-likeness (QED) is 0.373. The predicted molar refractivity (Wildman–Crippen MR) is 98.8 cm³/mol. The number of unbranched alkanes of at least 4 members (excludes halogenated alkanes) is 4. The molecule has 0 unspecified atom stereocenters. The number of guanidine groups is 1. The van der Waals surface area contributed by atoms with Crippen LogP contribution in [-0.4, -0.2) is 44.6 Å². The van der Waals surface area contributed by atoms with Gasteiger partial charge in [0.25, 0.3) is 0 Å². The first kappa shape index (κ1) is 19.0. The summed E-state index contributed by atoms with van der Waals surface area (Å²) < 4.78 is 0. The second-order valence-corrected chi connectivity index (χ2v) is 6.80. The SMILES string of the molecule is CCNC(=NCc1cccs1)NCCCCCCCN(C)C. The van der Waals surface area contributed by atoms with Crippen molar-refractivity contribution in [2.45, 2.75) is 45.6 Å². The molecule has 1 aromatic rings. The molecule has 2 N–H and O–H groups in total. The van der Waals surface area contributed by atoms with E-state index >= 15 is 0 Å². The molecule has 0 saturated heterocycles. The minimum Gasteiger partial charge on any atom is -0.357 e. The van der Waals surface area contributed by atoms with Crippen LogP contribution in [0.15, 0.2) is 22.5 Å². The maximum atomic E-state index is 4.62. The van der Waals surface area contributed by atoms with Gasteiger partial charge >= 0.3 is 0 Å². The van der Waals surface area contributed by atoms with Crippen molar-refractivity contribution in [3.8, 4) is 0 Å². The summed E-state index contributed by atoms with van der Waals surface area (Å²) in [6.45, 7) is 5.98. The van der Waals surface area contributed by atoms with E-state index in [0.717, 1.165) is 25.6 Å². The third kappa shape index (κ3) is 9.79. The molecular formula is C17H32N4S. The van der Waals surface area contributed by atoms with Gasteiger partial charge in [0.1, 0.15) is 0 Å². The summed E-state index contributed by atoms with van der Waals surface area (Å²) in [5.41, 5.74) is 0. The van der Waals surface area contributed by atoms with Gasteiger partial charge in [0.15, 0.2) is 5.96 Å². The van der Waals surface area contributed by atoms with Crippen molar-refractivity contribution >= 4 is 17.3 Å². The number of nitrogens with zero attached hydrogens (tertiary/aromatic N) is 2. The molecule has 0 fully saturated rings. The molecule has 5 heteroatoms. The predicted octanol–water partition coefficient (Wildman–Crippen LogP) is 3.32. The number of nitrogens with one attached hydrogen (secondary N) is 2. The molecule has 0 amide bonds. The largest absolute Gasteiger partial charge is 0.357 e. The lowest BCUT2D eigenvalue weighted by Gasteiger charge is -2.11. The summed E-state index contributed by atoms with van der Waals surface area (Å²) in [6.07, 6.45) is 6.49. The van der Waals surface area contributed by atoms with Gasteiger partial charge in [-0.25, -0.2) is 4.99 Å². The smallest absolute Gasteiger partial charge is 0.191 e. The van der Waals surface area contributed by atoms with Gasteiger partial charge in [-0.3, -0.25) is 0 Å². The molecular weight excluding hydrogens is 292 g/mol. The fourth-order valence-electron chi connectivity index (χ4n) is 2.19. The Morgan fingerprint density at radius 3 is 2.59 bits per heavy atom. The summed E-state index contributed by atoms with van der Waals surface area (Å²) in [5.74, 6) is 0.934. The second-order valence-electron chi connectivity index (χ2n) is 5.77. The summed E-state index contributed by atoms with van der Waals surface area (Å²) in [5, 5.41) is 8.83. The van der Waals surface area contributed by atoms with Crippen molar-refractivity contribution in [3.63, 3.8) is 0 Å². The van der Waals surface area contributed by atoms with Gasteiger partial charge in [-0.05, 0) is 51.9 Å². The van der Waals surface area contributed by atoms with E-state index in [9.17, 15) is 0 Å². The van der Waals surface area contributed by atoms with Crippen LogP contribution in [0.5, 0.6) is 0 Å². The Kier molecular flexibility index (Phi) is 10.8. The third-order valence-electron chi connectivity index (χ3n) is 3.39. The maximum absolute atomic E-state index is 4.62. The molecule has 1 rings (SSSR count). The maximum Gasteiger partial charge on any atom is 0.191 e. The summed E-state index contributed by atoms with van der Waals surface area (Å²) in [7, 11) is 4.28. The van der Waals surface area contributed by atoms with Crippen LogP contribution in [0.2, 0.25) is 0 Å². The van der Waals surface area contributed by atoms with Crippen LogP contribution >= 0.6 is 11.3 Å². The number of thiophene rings is 1. The van der Waals surface area contributed by atoms with E-state index in [1.165, 1.54) is 43.5 Å². The molecule has 0 atom stereocenters. The van der Waals surface area contributed by atoms with Crippen LogP contribution in [0, 0.1) is 0 Å². The number of rotatable bonds is 11. The van der Waals surface area contributed by atoms with Crippen molar-refractivity contribution in [2.24, 2.45) is 4.99 Å². The zero-order valence-electron chi connectivity index (χ0n) is 14.4. The highest BCUT2D eigenvalue weighted by atomic mass is 32.1.